The first-order valence-corrected chi connectivity index (χ1v) is 5.35. The molecule has 1 heterocycles. The molecule has 15 heavy (non-hydrogen) atoms. The maximum absolute atomic E-state index is 11.8. The first-order valence-electron chi connectivity index (χ1n) is 5.35. The Labute approximate surface area is 98.0 Å². The predicted molar refractivity (Wildman–Crippen MR) is 62.4 cm³/mol. The fraction of sp³-hybridized carbons (Fsp3) is 0.900. The molecule has 0 aromatic heterocycles. The van der Waals surface area contributed by atoms with Crippen LogP contribution in [-0.2, 0) is 9.53 Å². The molecule has 0 atom stereocenters. The van der Waals surface area contributed by atoms with E-state index in [1.54, 1.807) is 0 Å². The molecule has 5 heteroatoms. The van der Waals surface area contributed by atoms with Crippen molar-refractivity contribution >= 4 is 18.3 Å². The minimum Gasteiger partial charge on any atom is -0.378 e. The maximum atomic E-state index is 11.8. The summed E-state index contributed by atoms with van der Waals surface area (Å²) in [6, 6.07) is 0. The third-order valence-corrected chi connectivity index (χ3v) is 2.62. The summed E-state index contributed by atoms with van der Waals surface area (Å²) < 4.78 is 5.20. The molecule has 1 saturated heterocycles. The van der Waals surface area contributed by atoms with Crippen LogP contribution in [0, 0.1) is 0 Å². The van der Waals surface area contributed by atoms with Gasteiger partial charge in [0.1, 0.15) is 0 Å². The average Bonchev–Trinajstić information content (AvgIpc) is 2.26. The molecule has 90 valence electrons. The third-order valence-electron chi connectivity index (χ3n) is 2.62. The third kappa shape index (κ3) is 4.82. The number of hydrogen-bond donors (Lipinski definition) is 0. The van der Waals surface area contributed by atoms with Crippen LogP contribution < -0.4 is 0 Å². The molecular weight excluding hydrogens is 216 g/mol. The number of nitrogens with zero attached hydrogens (tertiary/aromatic N) is 2. The zero-order valence-electron chi connectivity index (χ0n) is 9.57. The van der Waals surface area contributed by atoms with Gasteiger partial charge in [-0.1, -0.05) is 13.8 Å². The van der Waals surface area contributed by atoms with E-state index in [0.29, 0.717) is 19.8 Å². The first kappa shape index (κ1) is 14.7. The first-order chi connectivity index (χ1) is 6.77. The Balaban J connectivity index is 0.00000196. The molecule has 1 rings (SSSR count). The molecule has 0 aromatic rings. The molecule has 0 aromatic carbocycles. The van der Waals surface area contributed by atoms with Gasteiger partial charge in [0.2, 0.25) is 5.91 Å². The molecular formula is C10H21ClN2O2. The Kier molecular flexibility index (Phi) is 7.74. The number of ether oxygens (including phenoxy) is 1. The lowest BCUT2D eigenvalue weighted by Crippen LogP contribution is -2.45. The molecule has 0 spiro atoms. The number of halogens is 1. The molecule has 0 bridgehead atoms. The lowest BCUT2D eigenvalue weighted by Gasteiger charge is -2.29. The second-order valence-corrected chi connectivity index (χ2v) is 3.45. The zero-order chi connectivity index (χ0) is 10.4. The van der Waals surface area contributed by atoms with E-state index in [1.165, 1.54) is 0 Å². The summed E-state index contributed by atoms with van der Waals surface area (Å²) >= 11 is 0. The van der Waals surface area contributed by atoms with E-state index >= 15 is 0 Å². The van der Waals surface area contributed by atoms with Crippen molar-refractivity contribution in [2.75, 3.05) is 45.9 Å². The van der Waals surface area contributed by atoms with Gasteiger partial charge in [-0.2, -0.15) is 0 Å². The lowest BCUT2D eigenvalue weighted by atomic mass is 10.3. The van der Waals surface area contributed by atoms with E-state index in [-0.39, 0.29) is 18.3 Å². The van der Waals surface area contributed by atoms with Crippen LogP contribution in [0.4, 0.5) is 0 Å². The summed E-state index contributed by atoms with van der Waals surface area (Å²) in [5.41, 5.74) is 0. The Morgan fingerprint density at radius 2 is 1.80 bits per heavy atom. The molecule has 0 unspecified atom stereocenters. The lowest BCUT2D eigenvalue weighted by molar-refractivity contribution is -0.136. The number of carbonyl (C=O) groups is 1. The Hall–Kier alpha value is -0.320. The fourth-order valence-corrected chi connectivity index (χ4v) is 1.55. The van der Waals surface area contributed by atoms with Gasteiger partial charge in [-0.3, -0.25) is 9.69 Å². The topological polar surface area (TPSA) is 32.8 Å². The van der Waals surface area contributed by atoms with Crippen LogP contribution in [0.5, 0.6) is 0 Å². The van der Waals surface area contributed by atoms with Gasteiger partial charge >= 0.3 is 0 Å². The van der Waals surface area contributed by atoms with Crippen LogP contribution in [0.3, 0.4) is 0 Å². The van der Waals surface area contributed by atoms with Crippen molar-refractivity contribution in [3.8, 4) is 0 Å². The molecule has 0 radical (unpaired) electrons. The molecule has 1 aliphatic heterocycles. The van der Waals surface area contributed by atoms with Gasteiger partial charge in [-0.05, 0) is 13.1 Å². The second-order valence-electron chi connectivity index (χ2n) is 3.45. The Morgan fingerprint density at radius 1 is 1.27 bits per heavy atom. The van der Waals surface area contributed by atoms with Crippen molar-refractivity contribution in [3.05, 3.63) is 0 Å². The van der Waals surface area contributed by atoms with E-state index in [4.69, 9.17) is 4.74 Å². The van der Waals surface area contributed by atoms with Crippen molar-refractivity contribution in [3.63, 3.8) is 0 Å². The average molecular weight is 237 g/mol. The van der Waals surface area contributed by atoms with E-state index in [9.17, 15) is 4.79 Å². The van der Waals surface area contributed by atoms with Crippen LogP contribution in [0.15, 0.2) is 0 Å². The van der Waals surface area contributed by atoms with Gasteiger partial charge in [0, 0.05) is 13.1 Å². The van der Waals surface area contributed by atoms with E-state index in [1.807, 2.05) is 4.90 Å². The number of likely N-dealkylation sites (N-methyl/N-ethyl adjacent to an activating group) is 1. The number of morpholine rings is 1. The Bertz CT molecular complexity index is 180. The van der Waals surface area contributed by atoms with E-state index in [0.717, 1.165) is 26.2 Å². The summed E-state index contributed by atoms with van der Waals surface area (Å²) in [4.78, 5) is 15.8. The van der Waals surface area contributed by atoms with Crippen molar-refractivity contribution in [1.29, 1.82) is 0 Å². The predicted octanol–water partition coefficient (Wildman–Crippen LogP) is 0.609. The summed E-state index contributed by atoms with van der Waals surface area (Å²) in [7, 11) is 0. The highest BCUT2D eigenvalue weighted by atomic mass is 35.5. The maximum Gasteiger partial charge on any atom is 0.236 e. The summed E-state index contributed by atoms with van der Waals surface area (Å²) in [6.07, 6.45) is 0. The molecule has 0 aliphatic carbocycles. The number of rotatable bonds is 4. The number of hydrogen-bond acceptors (Lipinski definition) is 3. The number of carbonyl (C=O) groups excluding carboxylic acids is 1. The largest absolute Gasteiger partial charge is 0.378 e. The molecule has 1 fully saturated rings. The van der Waals surface area contributed by atoms with Crippen molar-refractivity contribution in [1.82, 2.24) is 9.80 Å². The minimum absolute atomic E-state index is 0. The smallest absolute Gasteiger partial charge is 0.236 e. The van der Waals surface area contributed by atoms with Crippen LogP contribution >= 0.6 is 12.4 Å². The summed E-state index contributed by atoms with van der Waals surface area (Å²) in [6.45, 7) is 9.45. The normalized spacial score (nSPS) is 16.3. The van der Waals surface area contributed by atoms with Gasteiger partial charge in [0.15, 0.2) is 0 Å². The Morgan fingerprint density at radius 3 is 2.27 bits per heavy atom. The van der Waals surface area contributed by atoms with Crippen LogP contribution in [0.1, 0.15) is 13.8 Å². The minimum atomic E-state index is 0. The molecule has 0 N–H and O–H groups in total. The van der Waals surface area contributed by atoms with E-state index < -0.39 is 0 Å². The van der Waals surface area contributed by atoms with Crippen LogP contribution in [0.2, 0.25) is 0 Å². The molecule has 1 amide bonds. The highest BCUT2D eigenvalue weighted by Gasteiger charge is 2.17. The SMILES string of the molecule is CCN(CC)CC(=O)N1CCOCC1.Cl. The van der Waals surface area contributed by atoms with Gasteiger partial charge in [-0.15, -0.1) is 12.4 Å². The molecule has 4 nitrogen and oxygen atoms in total. The fourth-order valence-electron chi connectivity index (χ4n) is 1.55. The van der Waals surface area contributed by atoms with Gasteiger partial charge in [0.25, 0.3) is 0 Å². The highest BCUT2D eigenvalue weighted by Crippen LogP contribution is 1.99. The quantitative estimate of drug-likeness (QED) is 0.717. The van der Waals surface area contributed by atoms with Crippen molar-refractivity contribution < 1.29 is 9.53 Å². The molecule has 0 saturated carbocycles. The zero-order valence-corrected chi connectivity index (χ0v) is 10.4. The number of amides is 1. The monoisotopic (exact) mass is 236 g/mol. The van der Waals surface area contributed by atoms with Gasteiger partial charge in [0.05, 0.1) is 19.8 Å². The van der Waals surface area contributed by atoms with Crippen molar-refractivity contribution in [2.24, 2.45) is 0 Å². The van der Waals surface area contributed by atoms with E-state index in [2.05, 4.69) is 18.7 Å². The van der Waals surface area contributed by atoms with Gasteiger partial charge in [-0.25, -0.2) is 0 Å². The van der Waals surface area contributed by atoms with Crippen molar-refractivity contribution in [2.45, 2.75) is 13.8 Å². The standard InChI is InChI=1S/C10H20N2O2.ClH/c1-3-11(4-2)9-10(13)12-5-7-14-8-6-12;/h3-9H2,1-2H3;1H. The van der Waals surface area contributed by atoms with Gasteiger partial charge < -0.3 is 9.64 Å². The molecule has 1 aliphatic rings. The summed E-state index contributed by atoms with van der Waals surface area (Å²) in [5.74, 6) is 0.233. The highest BCUT2D eigenvalue weighted by molar-refractivity contribution is 5.85. The summed E-state index contributed by atoms with van der Waals surface area (Å²) in [5, 5.41) is 0. The second kappa shape index (κ2) is 7.91. The van der Waals surface area contributed by atoms with Crippen LogP contribution in [0.25, 0.3) is 0 Å². The van der Waals surface area contributed by atoms with Crippen LogP contribution in [-0.4, -0.2) is 61.6 Å².